The largest absolute Gasteiger partial charge is 0.326 e. The molecule has 0 aliphatic carbocycles. The first-order valence-electron chi connectivity index (χ1n) is 7.28. The zero-order chi connectivity index (χ0) is 14.8. The first-order valence-corrected chi connectivity index (χ1v) is 8.72. The van der Waals surface area contributed by atoms with Crippen molar-refractivity contribution in [3.8, 4) is 0 Å². The third kappa shape index (κ3) is 3.05. The molecule has 20 heavy (non-hydrogen) atoms. The van der Waals surface area contributed by atoms with Gasteiger partial charge in [0.2, 0.25) is 10.0 Å². The van der Waals surface area contributed by atoms with Gasteiger partial charge in [0.25, 0.3) is 0 Å². The van der Waals surface area contributed by atoms with E-state index in [0.717, 1.165) is 30.4 Å². The molecule has 1 aromatic carbocycles. The Morgan fingerprint density at radius 2 is 1.95 bits per heavy atom. The van der Waals surface area contributed by atoms with Crippen molar-refractivity contribution in [2.75, 3.05) is 13.1 Å². The highest BCUT2D eigenvalue weighted by Gasteiger charge is 2.29. The molecule has 1 aliphatic rings. The number of benzene rings is 1. The van der Waals surface area contributed by atoms with Crippen molar-refractivity contribution >= 4 is 10.0 Å². The Hall–Kier alpha value is -0.910. The maximum atomic E-state index is 12.7. The van der Waals surface area contributed by atoms with E-state index in [0.29, 0.717) is 30.4 Å². The molecule has 0 unspecified atom stereocenters. The Labute approximate surface area is 122 Å². The molecule has 0 amide bonds. The summed E-state index contributed by atoms with van der Waals surface area (Å²) in [4.78, 5) is 0.421. The van der Waals surface area contributed by atoms with E-state index in [4.69, 9.17) is 5.73 Å². The van der Waals surface area contributed by atoms with E-state index in [1.807, 2.05) is 13.0 Å². The van der Waals surface area contributed by atoms with E-state index in [1.165, 1.54) is 0 Å². The zero-order valence-electron chi connectivity index (χ0n) is 12.3. The van der Waals surface area contributed by atoms with Gasteiger partial charge in [-0.25, -0.2) is 8.42 Å². The second-order valence-electron chi connectivity index (χ2n) is 5.56. The lowest BCUT2D eigenvalue weighted by molar-refractivity contribution is 0.269. The number of nitrogens with two attached hydrogens (primary N) is 1. The number of piperidine rings is 1. The van der Waals surface area contributed by atoms with Gasteiger partial charge in [0.1, 0.15) is 0 Å². The van der Waals surface area contributed by atoms with Gasteiger partial charge in [-0.2, -0.15) is 4.31 Å². The smallest absolute Gasteiger partial charge is 0.243 e. The second-order valence-corrected chi connectivity index (χ2v) is 7.47. The fourth-order valence-electron chi connectivity index (χ4n) is 2.82. The van der Waals surface area contributed by atoms with E-state index in [-0.39, 0.29) is 0 Å². The summed E-state index contributed by atoms with van der Waals surface area (Å²) < 4.78 is 27.0. The van der Waals surface area contributed by atoms with Crippen molar-refractivity contribution in [1.82, 2.24) is 4.31 Å². The lowest BCUT2D eigenvalue weighted by Gasteiger charge is -2.31. The summed E-state index contributed by atoms with van der Waals surface area (Å²) in [7, 11) is -3.36. The highest BCUT2D eigenvalue weighted by atomic mass is 32.2. The van der Waals surface area contributed by atoms with Crippen LogP contribution < -0.4 is 5.73 Å². The Bertz CT molecular complexity index is 561. The normalized spacial score (nSPS) is 18.4. The molecule has 2 N–H and O–H groups in total. The van der Waals surface area contributed by atoms with Crippen molar-refractivity contribution in [3.05, 3.63) is 29.3 Å². The predicted octanol–water partition coefficient (Wildman–Crippen LogP) is 2.26. The highest BCUT2D eigenvalue weighted by Crippen LogP contribution is 2.27. The molecule has 0 bridgehead atoms. The third-order valence-corrected chi connectivity index (χ3v) is 6.30. The minimum absolute atomic E-state index is 0.421. The number of sulfonamides is 1. The van der Waals surface area contributed by atoms with Crippen LogP contribution in [-0.2, 0) is 16.6 Å². The lowest BCUT2D eigenvalue weighted by atomic mass is 9.96. The molecule has 112 valence electrons. The summed E-state index contributed by atoms with van der Waals surface area (Å²) >= 11 is 0. The standard InChI is InChI=1S/C15H24N2O2S/c1-3-13-6-8-17(9-7-13)20(18,19)15-5-4-14(11-16)10-12(15)2/h4-5,10,13H,3,6-9,11,16H2,1-2H3. The van der Waals surface area contributed by atoms with Crippen molar-refractivity contribution < 1.29 is 8.42 Å². The van der Waals surface area contributed by atoms with Gasteiger partial charge in [0.05, 0.1) is 4.90 Å². The monoisotopic (exact) mass is 296 g/mol. The van der Waals surface area contributed by atoms with Gasteiger partial charge in [0.15, 0.2) is 0 Å². The van der Waals surface area contributed by atoms with Crippen LogP contribution in [0.5, 0.6) is 0 Å². The van der Waals surface area contributed by atoms with Crippen LogP contribution in [0.1, 0.15) is 37.3 Å². The molecule has 0 spiro atoms. The third-order valence-electron chi connectivity index (χ3n) is 4.24. The molecular weight excluding hydrogens is 272 g/mol. The van der Waals surface area contributed by atoms with Gasteiger partial charge in [-0.05, 0) is 42.9 Å². The van der Waals surface area contributed by atoms with E-state index in [2.05, 4.69) is 6.92 Å². The van der Waals surface area contributed by atoms with Crippen LogP contribution in [0.2, 0.25) is 0 Å². The number of hydrogen-bond donors (Lipinski definition) is 1. The average molecular weight is 296 g/mol. The lowest BCUT2D eigenvalue weighted by Crippen LogP contribution is -2.38. The first-order chi connectivity index (χ1) is 9.48. The van der Waals surface area contributed by atoms with Crippen LogP contribution in [0.4, 0.5) is 0 Å². The molecule has 5 heteroatoms. The molecule has 1 saturated heterocycles. The summed E-state index contributed by atoms with van der Waals surface area (Å²) in [6.45, 7) is 5.72. The summed E-state index contributed by atoms with van der Waals surface area (Å²) in [5.41, 5.74) is 7.34. The van der Waals surface area contributed by atoms with Gasteiger partial charge in [-0.1, -0.05) is 25.5 Å². The molecular formula is C15H24N2O2S. The summed E-state index contributed by atoms with van der Waals surface area (Å²) in [6.07, 6.45) is 3.07. The number of rotatable bonds is 4. The highest BCUT2D eigenvalue weighted by molar-refractivity contribution is 7.89. The summed E-state index contributed by atoms with van der Waals surface area (Å²) in [5.74, 6) is 0.669. The topological polar surface area (TPSA) is 63.4 Å². The number of aryl methyl sites for hydroxylation is 1. The Balaban J connectivity index is 2.23. The predicted molar refractivity (Wildman–Crippen MR) is 80.8 cm³/mol. The van der Waals surface area contributed by atoms with Crippen LogP contribution in [-0.4, -0.2) is 25.8 Å². The van der Waals surface area contributed by atoms with Crippen LogP contribution in [0, 0.1) is 12.8 Å². The van der Waals surface area contributed by atoms with Crippen molar-refractivity contribution in [2.24, 2.45) is 11.7 Å². The fourth-order valence-corrected chi connectivity index (χ4v) is 4.50. The fraction of sp³-hybridized carbons (Fsp3) is 0.600. The van der Waals surface area contributed by atoms with E-state index in [9.17, 15) is 8.42 Å². The maximum Gasteiger partial charge on any atom is 0.243 e. The van der Waals surface area contributed by atoms with Gasteiger partial charge in [-0.3, -0.25) is 0 Å². The quantitative estimate of drug-likeness (QED) is 0.927. The summed E-state index contributed by atoms with van der Waals surface area (Å²) in [5, 5.41) is 0. The Kier molecular flexibility index (Phi) is 4.83. The molecule has 2 rings (SSSR count). The second kappa shape index (κ2) is 6.24. The van der Waals surface area contributed by atoms with Crippen molar-refractivity contribution in [2.45, 2.75) is 44.6 Å². The van der Waals surface area contributed by atoms with E-state index < -0.39 is 10.0 Å². The molecule has 1 aliphatic heterocycles. The van der Waals surface area contributed by atoms with Crippen LogP contribution in [0.25, 0.3) is 0 Å². The molecule has 1 aromatic rings. The Morgan fingerprint density at radius 1 is 1.30 bits per heavy atom. The van der Waals surface area contributed by atoms with Crippen LogP contribution in [0.3, 0.4) is 0 Å². The summed E-state index contributed by atoms with van der Waals surface area (Å²) in [6, 6.07) is 5.36. The van der Waals surface area contributed by atoms with Crippen molar-refractivity contribution in [3.63, 3.8) is 0 Å². The Morgan fingerprint density at radius 3 is 2.45 bits per heavy atom. The molecule has 1 fully saturated rings. The first kappa shape index (κ1) is 15.5. The molecule has 0 radical (unpaired) electrons. The van der Waals surface area contributed by atoms with Gasteiger partial charge >= 0.3 is 0 Å². The van der Waals surface area contributed by atoms with E-state index in [1.54, 1.807) is 16.4 Å². The number of hydrogen-bond acceptors (Lipinski definition) is 3. The SMILES string of the molecule is CCC1CCN(S(=O)(=O)c2ccc(CN)cc2C)CC1. The molecule has 0 saturated carbocycles. The molecule has 0 atom stereocenters. The van der Waals surface area contributed by atoms with E-state index >= 15 is 0 Å². The average Bonchev–Trinajstić information content (AvgIpc) is 2.46. The van der Waals surface area contributed by atoms with Crippen LogP contribution in [0.15, 0.2) is 23.1 Å². The molecule has 4 nitrogen and oxygen atoms in total. The van der Waals surface area contributed by atoms with Crippen LogP contribution >= 0.6 is 0 Å². The van der Waals surface area contributed by atoms with Gasteiger partial charge in [-0.15, -0.1) is 0 Å². The van der Waals surface area contributed by atoms with Gasteiger partial charge < -0.3 is 5.73 Å². The van der Waals surface area contributed by atoms with Gasteiger partial charge in [0, 0.05) is 19.6 Å². The zero-order valence-corrected chi connectivity index (χ0v) is 13.1. The minimum atomic E-state index is -3.36. The van der Waals surface area contributed by atoms with Crippen molar-refractivity contribution in [1.29, 1.82) is 0 Å². The molecule has 0 aromatic heterocycles. The number of nitrogens with zero attached hydrogens (tertiary/aromatic N) is 1. The minimum Gasteiger partial charge on any atom is -0.326 e. The molecule has 1 heterocycles. The maximum absolute atomic E-state index is 12.7.